The van der Waals surface area contributed by atoms with Crippen LogP contribution in [-0.4, -0.2) is 37.6 Å². The Morgan fingerprint density at radius 3 is 2.42 bits per heavy atom. The molecule has 0 saturated carbocycles. The second-order valence-electron chi connectivity index (χ2n) is 2.79. The van der Waals surface area contributed by atoms with Gasteiger partial charge in [-0.1, -0.05) is 13.3 Å². The summed E-state index contributed by atoms with van der Waals surface area (Å²) in [6, 6.07) is 0. The summed E-state index contributed by atoms with van der Waals surface area (Å²) in [5.74, 6) is 0. The summed E-state index contributed by atoms with van der Waals surface area (Å²) in [6.07, 6.45) is 1.32. The van der Waals surface area contributed by atoms with Crippen LogP contribution in [0, 0.1) is 0 Å². The van der Waals surface area contributed by atoms with E-state index in [1.807, 2.05) is 6.92 Å². The first-order chi connectivity index (χ1) is 5.76. The van der Waals surface area contributed by atoms with Crippen molar-refractivity contribution in [2.45, 2.75) is 38.9 Å². The minimum absolute atomic E-state index is 0.0819. The maximum absolute atomic E-state index is 9.52. The SMILES string of the molecule is CCCC(OC)C(O)COCC. The van der Waals surface area contributed by atoms with E-state index in [4.69, 9.17) is 9.47 Å². The van der Waals surface area contributed by atoms with Gasteiger partial charge < -0.3 is 14.6 Å². The molecule has 0 aromatic heterocycles. The van der Waals surface area contributed by atoms with Crippen LogP contribution in [0.2, 0.25) is 0 Å². The molecule has 0 aromatic carbocycles. The Balaban J connectivity index is 3.60. The lowest BCUT2D eigenvalue weighted by molar-refractivity contribution is -0.0569. The largest absolute Gasteiger partial charge is 0.388 e. The van der Waals surface area contributed by atoms with Gasteiger partial charge in [-0.3, -0.25) is 0 Å². The molecular formula is C9H20O3. The predicted molar refractivity (Wildman–Crippen MR) is 48.2 cm³/mol. The summed E-state index contributed by atoms with van der Waals surface area (Å²) in [5, 5.41) is 9.52. The molecule has 0 bridgehead atoms. The molecule has 1 N–H and O–H groups in total. The average Bonchev–Trinajstić information content (AvgIpc) is 2.10. The van der Waals surface area contributed by atoms with Crippen molar-refractivity contribution in [2.75, 3.05) is 20.3 Å². The zero-order valence-electron chi connectivity index (χ0n) is 8.25. The fourth-order valence-electron chi connectivity index (χ4n) is 1.10. The van der Waals surface area contributed by atoms with Crippen LogP contribution < -0.4 is 0 Å². The summed E-state index contributed by atoms with van der Waals surface area (Å²) < 4.78 is 10.2. The Morgan fingerprint density at radius 1 is 1.33 bits per heavy atom. The summed E-state index contributed by atoms with van der Waals surface area (Å²) in [6.45, 7) is 4.99. The molecule has 0 radical (unpaired) electrons. The topological polar surface area (TPSA) is 38.7 Å². The standard InChI is InChI=1S/C9H20O3/c1-4-6-9(11-3)8(10)7-12-5-2/h8-10H,4-7H2,1-3H3. The third kappa shape index (κ3) is 4.70. The van der Waals surface area contributed by atoms with Crippen molar-refractivity contribution in [3.8, 4) is 0 Å². The summed E-state index contributed by atoms with van der Waals surface area (Å²) in [7, 11) is 1.62. The van der Waals surface area contributed by atoms with E-state index in [2.05, 4.69) is 6.92 Å². The zero-order valence-corrected chi connectivity index (χ0v) is 8.25. The molecule has 2 atom stereocenters. The third-order valence-electron chi connectivity index (χ3n) is 1.80. The molecule has 3 heteroatoms. The molecule has 2 unspecified atom stereocenters. The Hall–Kier alpha value is -0.120. The molecule has 0 fully saturated rings. The monoisotopic (exact) mass is 176 g/mol. The van der Waals surface area contributed by atoms with E-state index in [0.717, 1.165) is 12.8 Å². The van der Waals surface area contributed by atoms with E-state index < -0.39 is 6.10 Å². The Morgan fingerprint density at radius 2 is 2.00 bits per heavy atom. The van der Waals surface area contributed by atoms with Gasteiger partial charge in [0.1, 0.15) is 6.10 Å². The van der Waals surface area contributed by atoms with E-state index in [-0.39, 0.29) is 6.10 Å². The predicted octanol–water partition coefficient (Wildman–Crippen LogP) is 1.20. The number of hydrogen-bond acceptors (Lipinski definition) is 3. The average molecular weight is 176 g/mol. The quantitative estimate of drug-likeness (QED) is 0.633. The van der Waals surface area contributed by atoms with Crippen LogP contribution >= 0.6 is 0 Å². The van der Waals surface area contributed by atoms with Crippen molar-refractivity contribution >= 4 is 0 Å². The first-order valence-electron chi connectivity index (χ1n) is 4.54. The second kappa shape index (κ2) is 7.53. The van der Waals surface area contributed by atoms with Gasteiger partial charge in [0, 0.05) is 13.7 Å². The van der Waals surface area contributed by atoms with Gasteiger partial charge in [0.25, 0.3) is 0 Å². The molecule has 74 valence electrons. The second-order valence-corrected chi connectivity index (χ2v) is 2.79. The Labute approximate surface area is 74.7 Å². The highest BCUT2D eigenvalue weighted by Crippen LogP contribution is 2.06. The molecule has 0 rings (SSSR count). The number of rotatable bonds is 7. The number of hydrogen-bond donors (Lipinski definition) is 1. The van der Waals surface area contributed by atoms with Gasteiger partial charge in [-0.2, -0.15) is 0 Å². The van der Waals surface area contributed by atoms with E-state index in [1.54, 1.807) is 7.11 Å². The van der Waals surface area contributed by atoms with Crippen molar-refractivity contribution in [2.24, 2.45) is 0 Å². The van der Waals surface area contributed by atoms with Crippen LogP contribution in [0.1, 0.15) is 26.7 Å². The van der Waals surface area contributed by atoms with E-state index in [1.165, 1.54) is 0 Å². The van der Waals surface area contributed by atoms with Crippen molar-refractivity contribution in [1.82, 2.24) is 0 Å². The molecule has 0 aromatic rings. The minimum Gasteiger partial charge on any atom is -0.388 e. The van der Waals surface area contributed by atoms with Gasteiger partial charge in [0.05, 0.1) is 12.7 Å². The highest BCUT2D eigenvalue weighted by molar-refractivity contribution is 4.67. The van der Waals surface area contributed by atoms with Crippen molar-refractivity contribution in [1.29, 1.82) is 0 Å². The lowest BCUT2D eigenvalue weighted by Crippen LogP contribution is -2.32. The molecule has 0 spiro atoms. The minimum atomic E-state index is -0.491. The fraction of sp³-hybridized carbons (Fsp3) is 1.00. The Kier molecular flexibility index (Phi) is 7.45. The summed E-state index contributed by atoms with van der Waals surface area (Å²) in [5.41, 5.74) is 0. The zero-order chi connectivity index (χ0) is 9.40. The highest BCUT2D eigenvalue weighted by atomic mass is 16.5. The van der Waals surface area contributed by atoms with Crippen LogP contribution in [0.25, 0.3) is 0 Å². The molecule has 12 heavy (non-hydrogen) atoms. The molecule has 0 aliphatic heterocycles. The molecule has 0 saturated heterocycles. The van der Waals surface area contributed by atoms with Crippen LogP contribution in [0.15, 0.2) is 0 Å². The Bertz CT molecular complexity index is 95.8. The summed E-state index contributed by atoms with van der Waals surface area (Å²) in [4.78, 5) is 0. The lowest BCUT2D eigenvalue weighted by Gasteiger charge is -2.20. The number of ether oxygens (including phenoxy) is 2. The molecule has 0 amide bonds. The molecule has 0 aliphatic rings. The van der Waals surface area contributed by atoms with Crippen LogP contribution in [0.5, 0.6) is 0 Å². The van der Waals surface area contributed by atoms with Crippen molar-refractivity contribution < 1.29 is 14.6 Å². The molecular weight excluding hydrogens is 156 g/mol. The number of aliphatic hydroxyl groups excluding tert-OH is 1. The van der Waals surface area contributed by atoms with Gasteiger partial charge in [-0.05, 0) is 13.3 Å². The first-order valence-corrected chi connectivity index (χ1v) is 4.54. The molecule has 3 nitrogen and oxygen atoms in total. The summed E-state index contributed by atoms with van der Waals surface area (Å²) >= 11 is 0. The van der Waals surface area contributed by atoms with E-state index >= 15 is 0 Å². The van der Waals surface area contributed by atoms with Gasteiger partial charge in [-0.15, -0.1) is 0 Å². The number of aliphatic hydroxyl groups is 1. The highest BCUT2D eigenvalue weighted by Gasteiger charge is 2.17. The van der Waals surface area contributed by atoms with Crippen LogP contribution in [-0.2, 0) is 9.47 Å². The normalized spacial score (nSPS) is 16.0. The third-order valence-corrected chi connectivity index (χ3v) is 1.80. The molecule has 0 aliphatic carbocycles. The van der Waals surface area contributed by atoms with Gasteiger partial charge in [0.2, 0.25) is 0 Å². The van der Waals surface area contributed by atoms with E-state index in [9.17, 15) is 5.11 Å². The first kappa shape index (κ1) is 11.9. The van der Waals surface area contributed by atoms with Gasteiger partial charge in [-0.25, -0.2) is 0 Å². The maximum atomic E-state index is 9.52. The maximum Gasteiger partial charge on any atom is 0.103 e. The fourth-order valence-corrected chi connectivity index (χ4v) is 1.10. The van der Waals surface area contributed by atoms with Crippen LogP contribution in [0.3, 0.4) is 0 Å². The van der Waals surface area contributed by atoms with E-state index in [0.29, 0.717) is 13.2 Å². The van der Waals surface area contributed by atoms with Crippen molar-refractivity contribution in [3.05, 3.63) is 0 Å². The number of methoxy groups -OCH3 is 1. The lowest BCUT2D eigenvalue weighted by atomic mass is 10.1. The van der Waals surface area contributed by atoms with Crippen LogP contribution in [0.4, 0.5) is 0 Å². The smallest absolute Gasteiger partial charge is 0.103 e. The molecule has 0 heterocycles. The van der Waals surface area contributed by atoms with Crippen molar-refractivity contribution in [3.63, 3.8) is 0 Å². The van der Waals surface area contributed by atoms with Gasteiger partial charge in [0.15, 0.2) is 0 Å². The van der Waals surface area contributed by atoms with Gasteiger partial charge >= 0.3 is 0 Å².